The van der Waals surface area contributed by atoms with E-state index in [1.807, 2.05) is 0 Å². The molecule has 4 heteroatoms. The highest BCUT2D eigenvalue weighted by Crippen LogP contribution is 2.20. The SMILES string of the molecule is CC1CCCC/C1=N/NC(=O)c1ccccn1. The molecule has 1 unspecified atom stereocenters. The summed E-state index contributed by atoms with van der Waals surface area (Å²) >= 11 is 0. The number of carbonyl (C=O) groups is 1. The smallest absolute Gasteiger partial charge is 0.266 e. The molecule has 0 aromatic carbocycles. The van der Waals surface area contributed by atoms with Gasteiger partial charge in [0.25, 0.3) is 5.91 Å². The maximum absolute atomic E-state index is 11.7. The summed E-state index contributed by atoms with van der Waals surface area (Å²) < 4.78 is 0. The highest BCUT2D eigenvalue weighted by Gasteiger charge is 2.16. The van der Waals surface area contributed by atoms with Crippen molar-refractivity contribution in [3.63, 3.8) is 0 Å². The summed E-state index contributed by atoms with van der Waals surface area (Å²) in [5.74, 6) is 0.239. The van der Waals surface area contributed by atoms with Crippen LogP contribution in [0.5, 0.6) is 0 Å². The fourth-order valence-electron chi connectivity index (χ4n) is 2.01. The first-order valence-corrected chi connectivity index (χ1v) is 6.05. The van der Waals surface area contributed by atoms with Crippen LogP contribution in [0.25, 0.3) is 0 Å². The van der Waals surface area contributed by atoms with E-state index in [2.05, 4.69) is 22.4 Å². The standard InChI is InChI=1S/C13H17N3O/c1-10-6-2-3-7-11(10)15-16-13(17)12-8-4-5-9-14-12/h4-5,8-10H,2-3,6-7H2,1H3,(H,16,17)/b15-11-. The largest absolute Gasteiger partial charge is 0.289 e. The molecule has 1 saturated carbocycles. The van der Waals surface area contributed by atoms with Crippen LogP contribution in [0.4, 0.5) is 0 Å². The Hall–Kier alpha value is -1.71. The molecule has 0 radical (unpaired) electrons. The Morgan fingerprint density at radius 3 is 3.06 bits per heavy atom. The minimum Gasteiger partial charge on any atom is -0.266 e. The Labute approximate surface area is 101 Å². The highest BCUT2D eigenvalue weighted by molar-refractivity contribution is 5.94. The van der Waals surface area contributed by atoms with Crippen LogP contribution < -0.4 is 5.43 Å². The van der Waals surface area contributed by atoms with Gasteiger partial charge in [-0.1, -0.05) is 19.4 Å². The number of hydrogen-bond donors (Lipinski definition) is 1. The lowest BCUT2D eigenvalue weighted by Gasteiger charge is -2.19. The van der Waals surface area contributed by atoms with Crippen LogP contribution in [0.3, 0.4) is 0 Å². The average molecular weight is 231 g/mol. The predicted octanol–water partition coefficient (Wildman–Crippen LogP) is 2.38. The molecule has 1 aromatic rings. The lowest BCUT2D eigenvalue weighted by Crippen LogP contribution is -2.24. The molecule has 2 rings (SSSR count). The van der Waals surface area contributed by atoms with Crippen LogP contribution in [0, 0.1) is 5.92 Å². The predicted molar refractivity (Wildman–Crippen MR) is 66.8 cm³/mol. The number of carbonyl (C=O) groups excluding carboxylic acids is 1. The summed E-state index contributed by atoms with van der Waals surface area (Å²) in [4.78, 5) is 15.7. The summed E-state index contributed by atoms with van der Waals surface area (Å²) in [7, 11) is 0. The second-order valence-corrected chi connectivity index (χ2v) is 4.41. The van der Waals surface area contributed by atoms with Crippen LogP contribution in [0.1, 0.15) is 43.1 Å². The Kier molecular flexibility index (Phi) is 3.85. The Balaban J connectivity index is 1.97. The summed E-state index contributed by atoms with van der Waals surface area (Å²) in [6.07, 6.45) is 6.18. The van der Waals surface area contributed by atoms with Gasteiger partial charge in [0.15, 0.2) is 0 Å². The minimum absolute atomic E-state index is 0.240. The molecule has 0 aliphatic heterocycles. The molecule has 1 N–H and O–H groups in total. The molecule has 90 valence electrons. The zero-order valence-electron chi connectivity index (χ0n) is 10.0. The van der Waals surface area contributed by atoms with Gasteiger partial charge in [-0.3, -0.25) is 9.78 Å². The molecule has 1 aliphatic carbocycles. The summed E-state index contributed by atoms with van der Waals surface area (Å²) in [5, 5.41) is 4.22. The molecule has 0 spiro atoms. The third kappa shape index (κ3) is 3.12. The number of pyridine rings is 1. The highest BCUT2D eigenvalue weighted by atomic mass is 16.2. The van der Waals surface area contributed by atoms with E-state index in [1.54, 1.807) is 24.4 Å². The van der Waals surface area contributed by atoms with Crippen molar-refractivity contribution in [1.29, 1.82) is 0 Å². The molecule has 1 heterocycles. The maximum Gasteiger partial charge on any atom is 0.289 e. The number of hydrazone groups is 1. The van der Waals surface area contributed by atoms with Crippen LogP contribution in [-0.4, -0.2) is 16.6 Å². The molecule has 1 atom stereocenters. The number of aromatic nitrogens is 1. The third-order valence-corrected chi connectivity index (χ3v) is 3.09. The number of amides is 1. The zero-order valence-corrected chi connectivity index (χ0v) is 10.0. The second-order valence-electron chi connectivity index (χ2n) is 4.41. The van der Waals surface area contributed by atoms with Crippen molar-refractivity contribution >= 4 is 11.6 Å². The van der Waals surface area contributed by atoms with Gasteiger partial charge in [0.1, 0.15) is 5.69 Å². The van der Waals surface area contributed by atoms with Gasteiger partial charge in [-0.2, -0.15) is 5.10 Å². The van der Waals surface area contributed by atoms with Crippen molar-refractivity contribution in [2.45, 2.75) is 32.6 Å². The fourth-order valence-corrected chi connectivity index (χ4v) is 2.01. The van der Waals surface area contributed by atoms with Gasteiger partial charge >= 0.3 is 0 Å². The average Bonchev–Trinajstić information content (AvgIpc) is 2.38. The summed E-state index contributed by atoms with van der Waals surface area (Å²) in [6, 6.07) is 5.25. The molecule has 4 nitrogen and oxygen atoms in total. The van der Waals surface area contributed by atoms with E-state index in [1.165, 1.54) is 12.8 Å². The topological polar surface area (TPSA) is 54.4 Å². The van der Waals surface area contributed by atoms with Gasteiger partial charge in [-0.05, 0) is 37.3 Å². The molecule has 0 bridgehead atoms. The molecule has 1 amide bonds. The molecular formula is C13H17N3O. The molecule has 1 aromatic heterocycles. The van der Waals surface area contributed by atoms with Gasteiger partial charge < -0.3 is 0 Å². The Bertz CT molecular complexity index is 414. The van der Waals surface area contributed by atoms with Gasteiger partial charge in [0.2, 0.25) is 0 Å². The van der Waals surface area contributed by atoms with E-state index in [-0.39, 0.29) is 5.91 Å². The Morgan fingerprint density at radius 2 is 2.35 bits per heavy atom. The maximum atomic E-state index is 11.7. The molecular weight excluding hydrogens is 214 g/mol. The lowest BCUT2D eigenvalue weighted by molar-refractivity contribution is 0.0949. The summed E-state index contributed by atoms with van der Waals surface area (Å²) in [6.45, 7) is 2.16. The molecule has 1 aliphatic rings. The normalized spacial score (nSPS) is 22.4. The van der Waals surface area contributed by atoms with Gasteiger partial charge in [0, 0.05) is 11.9 Å². The van der Waals surface area contributed by atoms with E-state index in [0.717, 1.165) is 18.6 Å². The van der Waals surface area contributed by atoms with Gasteiger partial charge in [0.05, 0.1) is 0 Å². The van der Waals surface area contributed by atoms with Crippen LogP contribution in [0.15, 0.2) is 29.5 Å². The molecule has 17 heavy (non-hydrogen) atoms. The van der Waals surface area contributed by atoms with Crippen molar-refractivity contribution < 1.29 is 4.79 Å². The van der Waals surface area contributed by atoms with Crippen LogP contribution in [0.2, 0.25) is 0 Å². The Morgan fingerprint density at radius 1 is 1.47 bits per heavy atom. The monoisotopic (exact) mass is 231 g/mol. The number of nitrogens with one attached hydrogen (secondary N) is 1. The van der Waals surface area contributed by atoms with E-state index in [9.17, 15) is 4.79 Å². The lowest BCUT2D eigenvalue weighted by atomic mass is 9.89. The molecule has 1 fully saturated rings. The van der Waals surface area contributed by atoms with E-state index in [0.29, 0.717) is 11.6 Å². The quantitative estimate of drug-likeness (QED) is 0.794. The van der Waals surface area contributed by atoms with Crippen molar-refractivity contribution in [2.24, 2.45) is 11.0 Å². The first-order valence-electron chi connectivity index (χ1n) is 6.05. The number of nitrogens with zero attached hydrogens (tertiary/aromatic N) is 2. The first kappa shape index (κ1) is 11.8. The van der Waals surface area contributed by atoms with Crippen molar-refractivity contribution in [3.05, 3.63) is 30.1 Å². The second kappa shape index (κ2) is 5.57. The number of hydrogen-bond acceptors (Lipinski definition) is 3. The number of rotatable bonds is 2. The molecule has 0 saturated heterocycles. The van der Waals surface area contributed by atoms with Crippen molar-refractivity contribution in [1.82, 2.24) is 10.4 Å². The van der Waals surface area contributed by atoms with Gasteiger partial charge in [-0.15, -0.1) is 0 Å². The van der Waals surface area contributed by atoms with Crippen molar-refractivity contribution in [2.75, 3.05) is 0 Å². The van der Waals surface area contributed by atoms with Crippen LogP contribution in [-0.2, 0) is 0 Å². The first-order chi connectivity index (χ1) is 8.27. The van der Waals surface area contributed by atoms with Crippen LogP contribution >= 0.6 is 0 Å². The zero-order chi connectivity index (χ0) is 12.1. The van der Waals surface area contributed by atoms with E-state index >= 15 is 0 Å². The summed E-state index contributed by atoms with van der Waals surface area (Å²) in [5.41, 5.74) is 4.09. The van der Waals surface area contributed by atoms with E-state index < -0.39 is 0 Å². The third-order valence-electron chi connectivity index (χ3n) is 3.09. The van der Waals surface area contributed by atoms with Crippen molar-refractivity contribution in [3.8, 4) is 0 Å². The van der Waals surface area contributed by atoms with E-state index in [4.69, 9.17) is 0 Å². The fraction of sp³-hybridized carbons (Fsp3) is 0.462. The minimum atomic E-state index is -0.240. The van der Waals surface area contributed by atoms with Gasteiger partial charge in [-0.25, -0.2) is 5.43 Å².